The predicted octanol–water partition coefficient (Wildman–Crippen LogP) is 5.59. The summed E-state index contributed by atoms with van der Waals surface area (Å²) in [7, 11) is -2.25. The third-order valence-electron chi connectivity index (χ3n) is 4.88. The Morgan fingerprint density at radius 3 is 2.35 bits per heavy atom. The number of hydrogen-bond acceptors (Lipinski definition) is 5. The van der Waals surface area contributed by atoms with Crippen LogP contribution in [0.1, 0.15) is 33.3 Å². The van der Waals surface area contributed by atoms with Gasteiger partial charge in [0, 0.05) is 18.0 Å². The van der Waals surface area contributed by atoms with Gasteiger partial charge in [-0.2, -0.15) is 0 Å². The second-order valence-electron chi connectivity index (χ2n) is 8.03. The molecule has 3 aromatic rings. The summed E-state index contributed by atoms with van der Waals surface area (Å²) in [5, 5.41) is 0.668. The summed E-state index contributed by atoms with van der Waals surface area (Å²) in [6, 6.07) is 12.0. The van der Waals surface area contributed by atoms with Gasteiger partial charge in [-0.3, -0.25) is 4.31 Å². The molecule has 0 aliphatic heterocycles. The first-order chi connectivity index (χ1) is 14.4. The Kier molecular flexibility index (Phi) is 6.38. The largest absolute Gasteiger partial charge is 0.515 e. The number of halogens is 1. The lowest BCUT2D eigenvalue weighted by atomic mass is 9.87. The number of hydrogen-bond donors (Lipinski definition) is 1. The van der Waals surface area contributed by atoms with E-state index in [1.807, 2.05) is 12.1 Å². The Morgan fingerprint density at radius 1 is 1.13 bits per heavy atom. The van der Waals surface area contributed by atoms with E-state index in [9.17, 15) is 13.2 Å². The third kappa shape index (κ3) is 4.72. The molecular formula is C22H25BrN2O5S. The van der Waals surface area contributed by atoms with Crippen molar-refractivity contribution in [2.75, 3.05) is 18.0 Å². The van der Waals surface area contributed by atoms with Crippen molar-refractivity contribution >= 4 is 48.7 Å². The maximum Gasteiger partial charge on any atom is 0.515 e. The van der Waals surface area contributed by atoms with Crippen molar-refractivity contribution in [2.45, 2.75) is 38.0 Å². The fourth-order valence-electron chi connectivity index (χ4n) is 3.04. The van der Waals surface area contributed by atoms with Crippen LogP contribution in [-0.4, -0.2) is 33.2 Å². The van der Waals surface area contributed by atoms with Gasteiger partial charge in [0.15, 0.2) is 0 Å². The average Bonchev–Trinajstić information content (AvgIpc) is 3.01. The van der Waals surface area contributed by atoms with E-state index in [-0.39, 0.29) is 22.8 Å². The van der Waals surface area contributed by atoms with Crippen LogP contribution in [0, 0.1) is 0 Å². The zero-order valence-electron chi connectivity index (χ0n) is 18.0. The number of aromatic amines is 1. The van der Waals surface area contributed by atoms with Gasteiger partial charge in [0.05, 0.1) is 21.7 Å². The van der Waals surface area contributed by atoms with Gasteiger partial charge < -0.3 is 14.5 Å². The van der Waals surface area contributed by atoms with Crippen molar-refractivity contribution in [1.29, 1.82) is 0 Å². The van der Waals surface area contributed by atoms with Crippen LogP contribution in [0.15, 0.2) is 51.8 Å². The molecule has 0 spiro atoms. The smallest absolute Gasteiger partial charge is 0.434 e. The summed E-state index contributed by atoms with van der Waals surface area (Å²) < 4.78 is 38.0. The van der Waals surface area contributed by atoms with Crippen molar-refractivity contribution in [3.8, 4) is 5.88 Å². The first-order valence-corrected chi connectivity index (χ1v) is 11.9. The second kappa shape index (κ2) is 8.55. The molecule has 9 heteroatoms. The molecule has 1 aromatic heterocycles. The number of rotatable bonds is 5. The summed E-state index contributed by atoms with van der Waals surface area (Å²) in [4.78, 5) is 14.8. The SMILES string of the molecule is CCOC(=O)Oc1[nH]c2ccc(N(C)S(=O)(=O)c3ccc(C(C)(C)C)cc3)cc2c1Br. The summed E-state index contributed by atoms with van der Waals surface area (Å²) in [6.07, 6.45) is -0.826. The number of nitrogens with zero attached hydrogens (tertiary/aromatic N) is 1. The van der Waals surface area contributed by atoms with Crippen LogP contribution in [0.3, 0.4) is 0 Å². The standard InChI is InChI=1S/C22H25BrN2O5S/c1-6-29-21(26)30-20-19(23)17-13-15(9-12-18(17)24-20)25(5)31(27,28)16-10-7-14(8-11-16)22(2,3)4/h7-13,24H,6H2,1-5H3. The van der Waals surface area contributed by atoms with Crippen molar-refractivity contribution in [2.24, 2.45) is 0 Å². The van der Waals surface area contributed by atoms with Gasteiger partial charge in [-0.15, -0.1) is 0 Å². The van der Waals surface area contributed by atoms with E-state index in [1.165, 1.54) is 11.4 Å². The fourth-order valence-corrected chi connectivity index (χ4v) is 4.74. The van der Waals surface area contributed by atoms with Gasteiger partial charge in [0.1, 0.15) is 0 Å². The number of fused-ring (bicyclic) bond motifs is 1. The molecule has 0 amide bonds. The molecule has 0 bridgehead atoms. The number of aromatic nitrogens is 1. The van der Waals surface area contributed by atoms with Crippen molar-refractivity contribution in [1.82, 2.24) is 4.98 Å². The fraction of sp³-hybridized carbons (Fsp3) is 0.318. The molecule has 0 saturated carbocycles. The molecule has 2 aromatic carbocycles. The summed E-state index contributed by atoms with van der Waals surface area (Å²) >= 11 is 3.40. The first-order valence-electron chi connectivity index (χ1n) is 9.70. The number of carbonyl (C=O) groups is 1. The van der Waals surface area contributed by atoms with E-state index in [2.05, 4.69) is 41.7 Å². The molecule has 0 fully saturated rings. The Hall–Kier alpha value is -2.52. The predicted molar refractivity (Wildman–Crippen MR) is 124 cm³/mol. The highest BCUT2D eigenvalue weighted by molar-refractivity contribution is 9.10. The summed E-state index contributed by atoms with van der Waals surface area (Å²) in [5.74, 6) is 0.189. The molecule has 3 rings (SSSR count). The van der Waals surface area contributed by atoms with E-state index >= 15 is 0 Å². The number of anilines is 1. The normalized spacial score (nSPS) is 12.1. The van der Waals surface area contributed by atoms with Crippen LogP contribution >= 0.6 is 15.9 Å². The highest BCUT2D eigenvalue weighted by Crippen LogP contribution is 2.36. The highest BCUT2D eigenvalue weighted by Gasteiger charge is 2.24. The maximum atomic E-state index is 13.2. The molecule has 7 nitrogen and oxygen atoms in total. The Morgan fingerprint density at radius 2 is 1.77 bits per heavy atom. The molecule has 0 atom stereocenters. The van der Waals surface area contributed by atoms with Crippen LogP contribution < -0.4 is 9.04 Å². The van der Waals surface area contributed by atoms with Crippen molar-refractivity contribution < 1.29 is 22.7 Å². The van der Waals surface area contributed by atoms with Crippen molar-refractivity contribution in [3.63, 3.8) is 0 Å². The van der Waals surface area contributed by atoms with E-state index in [0.717, 1.165) is 5.56 Å². The maximum absolute atomic E-state index is 13.2. The van der Waals surface area contributed by atoms with Gasteiger partial charge in [-0.25, -0.2) is 13.2 Å². The number of carbonyl (C=O) groups excluding carboxylic acids is 1. The number of H-pyrrole nitrogens is 1. The Balaban J connectivity index is 1.93. The zero-order chi connectivity index (χ0) is 23.0. The number of benzene rings is 2. The van der Waals surface area contributed by atoms with E-state index in [1.54, 1.807) is 37.3 Å². The number of nitrogens with one attached hydrogen (secondary N) is 1. The second-order valence-corrected chi connectivity index (χ2v) is 10.8. The molecule has 1 N–H and O–H groups in total. The molecule has 0 saturated heterocycles. The topological polar surface area (TPSA) is 88.7 Å². The molecule has 166 valence electrons. The highest BCUT2D eigenvalue weighted by atomic mass is 79.9. The molecule has 0 radical (unpaired) electrons. The lowest BCUT2D eigenvalue weighted by molar-refractivity contribution is 0.103. The Labute approximate surface area is 190 Å². The average molecular weight is 509 g/mol. The van der Waals surface area contributed by atoms with Crippen LogP contribution in [0.2, 0.25) is 0 Å². The summed E-state index contributed by atoms with van der Waals surface area (Å²) in [5.41, 5.74) is 2.13. The van der Waals surface area contributed by atoms with Crippen molar-refractivity contribution in [3.05, 3.63) is 52.5 Å². The minimum atomic E-state index is -3.75. The van der Waals surface area contributed by atoms with Gasteiger partial charge >= 0.3 is 6.16 Å². The van der Waals surface area contributed by atoms with Crippen LogP contribution in [0.5, 0.6) is 5.88 Å². The zero-order valence-corrected chi connectivity index (χ0v) is 20.4. The van der Waals surface area contributed by atoms with Crippen LogP contribution in [0.4, 0.5) is 10.5 Å². The molecule has 0 unspecified atom stereocenters. The molecule has 0 aliphatic carbocycles. The third-order valence-corrected chi connectivity index (χ3v) is 7.46. The van der Waals surface area contributed by atoms with Gasteiger partial charge in [-0.05, 0) is 64.2 Å². The number of sulfonamides is 1. The van der Waals surface area contributed by atoms with Gasteiger partial charge in [0.25, 0.3) is 10.0 Å². The minimum absolute atomic E-state index is 0.0663. The van der Waals surface area contributed by atoms with E-state index < -0.39 is 16.2 Å². The molecular weight excluding hydrogens is 484 g/mol. The molecule has 31 heavy (non-hydrogen) atoms. The van der Waals surface area contributed by atoms with Crippen LogP contribution in [-0.2, 0) is 20.2 Å². The number of ether oxygens (including phenoxy) is 2. The Bertz CT molecular complexity index is 1210. The lowest BCUT2D eigenvalue weighted by Gasteiger charge is -2.22. The molecule has 1 heterocycles. The summed E-state index contributed by atoms with van der Waals surface area (Å²) in [6.45, 7) is 8.10. The molecule has 0 aliphatic rings. The lowest BCUT2D eigenvalue weighted by Crippen LogP contribution is -2.26. The first kappa shape index (κ1) is 23.1. The van der Waals surface area contributed by atoms with Gasteiger partial charge in [-0.1, -0.05) is 32.9 Å². The quantitative estimate of drug-likeness (QED) is 0.453. The van der Waals surface area contributed by atoms with E-state index in [4.69, 9.17) is 9.47 Å². The van der Waals surface area contributed by atoms with Crippen LogP contribution in [0.25, 0.3) is 10.9 Å². The monoisotopic (exact) mass is 508 g/mol. The minimum Gasteiger partial charge on any atom is -0.434 e. The van der Waals surface area contributed by atoms with E-state index in [0.29, 0.717) is 21.1 Å². The van der Waals surface area contributed by atoms with Gasteiger partial charge in [0.2, 0.25) is 5.88 Å².